The number of thiazole rings is 1. The first-order chi connectivity index (χ1) is 7.71. The van der Waals surface area contributed by atoms with E-state index >= 15 is 0 Å². The van der Waals surface area contributed by atoms with Crippen LogP contribution >= 0.6 is 11.3 Å². The normalized spacial score (nSPS) is 11.6. The highest BCUT2D eigenvalue weighted by molar-refractivity contribution is 7.09. The monoisotopic (exact) mass is 241 g/mol. The van der Waals surface area contributed by atoms with Crippen LogP contribution in [0.1, 0.15) is 37.4 Å². The first-order valence-corrected chi connectivity index (χ1v) is 6.92. The summed E-state index contributed by atoms with van der Waals surface area (Å²) in [6.45, 7) is 6.12. The second-order valence-corrected chi connectivity index (χ2v) is 5.10. The Morgan fingerprint density at radius 2 is 2.12 bits per heavy atom. The lowest BCUT2D eigenvalue weighted by Gasteiger charge is -2.25. The highest BCUT2D eigenvalue weighted by Gasteiger charge is 2.12. The molecule has 0 aliphatic heterocycles. The summed E-state index contributed by atoms with van der Waals surface area (Å²) in [7, 11) is 2.18. The van der Waals surface area contributed by atoms with Crippen molar-refractivity contribution in [3.63, 3.8) is 0 Å². The van der Waals surface area contributed by atoms with E-state index in [1.54, 1.807) is 11.3 Å². The first-order valence-electron chi connectivity index (χ1n) is 6.04. The lowest BCUT2D eigenvalue weighted by atomic mass is 10.1. The molecule has 0 radical (unpaired) electrons. The number of hydrogen-bond acceptors (Lipinski definition) is 4. The molecule has 1 aromatic rings. The molecular formula is C12H23N3S. The summed E-state index contributed by atoms with van der Waals surface area (Å²) in [6, 6.07) is 0.666. The van der Waals surface area contributed by atoms with Crippen LogP contribution in [0, 0.1) is 0 Å². The van der Waals surface area contributed by atoms with Crippen molar-refractivity contribution in [2.24, 2.45) is 5.73 Å². The van der Waals surface area contributed by atoms with Gasteiger partial charge in [0.05, 0.1) is 10.7 Å². The zero-order valence-corrected chi connectivity index (χ0v) is 11.4. The van der Waals surface area contributed by atoms with E-state index in [0.717, 1.165) is 18.0 Å². The molecule has 2 N–H and O–H groups in total. The Labute approximate surface area is 103 Å². The molecule has 0 fully saturated rings. The van der Waals surface area contributed by atoms with Crippen molar-refractivity contribution >= 4 is 11.3 Å². The maximum Gasteiger partial charge on any atom is 0.0941 e. The lowest BCUT2D eigenvalue weighted by molar-refractivity contribution is 0.219. The van der Waals surface area contributed by atoms with E-state index in [-0.39, 0.29) is 0 Å². The molecule has 0 aliphatic rings. The molecule has 4 heteroatoms. The van der Waals surface area contributed by atoms with Gasteiger partial charge in [0, 0.05) is 24.4 Å². The topological polar surface area (TPSA) is 42.1 Å². The Morgan fingerprint density at radius 3 is 2.69 bits per heavy atom. The molecule has 0 aliphatic carbocycles. The summed E-state index contributed by atoms with van der Waals surface area (Å²) in [5.41, 5.74) is 6.70. The van der Waals surface area contributed by atoms with E-state index in [2.05, 4.69) is 36.2 Å². The van der Waals surface area contributed by atoms with E-state index in [1.807, 2.05) is 0 Å². The van der Waals surface area contributed by atoms with Crippen molar-refractivity contribution in [3.05, 3.63) is 16.1 Å². The molecule has 1 rings (SSSR count). The van der Waals surface area contributed by atoms with Crippen LogP contribution in [0.4, 0.5) is 0 Å². The molecule has 0 unspecified atom stereocenters. The average molecular weight is 241 g/mol. The quantitative estimate of drug-likeness (QED) is 0.796. The van der Waals surface area contributed by atoms with Crippen LogP contribution in [0.2, 0.25) is 0 Å². The Morgan fingerprint density at radius 1 is 1.44 bits per heavy atom. The summed E-state index contributed by atoms with van der Waals surface area (Å²) in [4.78, 5) is 6.98. The van der Waals surface area contributed by atoms with E-state index in [0.29, 0.717) is 12.6 Å². The van der Waals surface area contributed by atoms with Crippen LogP contribution < -0.4 is 5.73 Å². The van der Waals surface area contributed by atoms with E-state index in [9.17, 15) is 0 Å². The van der Waals surface area contributed by atoms with Gasteiger partial charge in [-0.25, -0.2) is 4.98 Å². The van der Waals surface area contributed by atoms with Gasteiger partial charge in [0.1, 0.15) is 0 Å². The van der Waals surface area contributed by atoms with Gasteiger partial charge in [-0.2, -0.15) is 0 Å². The van der Waals surface area contributed by atoms with Gasteiger partial charge < -0.3 is 5.73 Å². The third kappa shape index (κ3) is 3.85. The third-order valence-corrected chi connectivity index (χ3v) is 3.89. The van der Waals surface area contributed by atoms with Crippen LogP contribution in [-0.2, 0) is 13.0 Å². The maximum atomic E-state index is 5.52. The summed E-state index contributed by atoms with van der Waals surface area (Å²) in [5.74, 6) is 0. The average Bonchev–Trinajstić information content (AvgIpc) is 2.68. The lowest BCUT2D eigenvalue weighted by Crippen LogP contribution is -2.30. The van der Waals surface area contributed by atoms with Crippen molar-refractivity contribution in [3.8, 4) is 0 Å². The molecule has 0 bridgehead atoms. The molecule has 0 spiro atoms. The summed E-state index contributed by atoms with van der Waals surface area (Å²) < 4.78 is 0. The smallest absolute Gasteiger partial charge is 0.0941 e. The molecule has 1 aromatic heterocycles. The van der Waals surface area contributed by atoms with Crippen LogP contribution in [0.5, 0.6) is 0 Å². The van der Waals surface area contributed by atoms with Gasteiger partial charge in [-0.15, -0.1) is 11.3 Å². The molecule has 0 amide bonds. The Bertz CT molecular complexity index is 294. The van der Waals surface area contributed by atoms with Gasteiger partial charge in [-0.05, 0) is 26.4 Å². The fraction of sp³-hybridized carbons (Fsp3) is 0.750. The van der Waals surface area contributed by atoms with Crippen LogP contribution in [0.15, 0.2) is 5.38 Å². The Balaban J connectivity index is 2.51. The van der Waals surface area contributed by atoms with Gasteiger partial charge in [0.2, 0.25) is 0 Å². The van der Waals surface area contributed by atoms with Crippen LogP contribution in [0.3, 0.4) is 0 Å². The SMILES string of the molecule is CCC(CC)N(C)Cc1csc(CCN)n1. The van der Waals surface area contributed by atoms with Gasteiger partial charge in [-0.1, -0.05) is 13.8 Å². The zero-order valence-electron chi connectivity index (χ0n) is 10.6. The summed E-state index contributed by atoms with van der Waals surface area (Å²) in [5, 5.41) is 3.32. The largest absolute Gasteiger partial charge is 0.330 e. The minimum absolute atomic E-state index is 0.666. The van der Waals surface area contributed by atoms with Gasteiger partial charge in [-0.3, -0.25) is 4.90 Å². The minimum Gasteiger partial charge on any atom is -0.330 e. The first kappa shape index (κ1) is 13.6. The predicted molar refractivity (Wildman–Crippen MR) is 70.7 cm³/mol. The van der Waals surface area contributed by atoms with Gasteiger partial charge in [0.25, 0.3) is 0 Å². The molecule has 0 saturated heterocycles. The van der Waals surface area contributed by atoms with Gasteiger partial charge >= 0.3 is 0 Å². The van der Waals surface area contributed by atoms with Crippen molar-refractivity contribution in [2.75, 3.05) is 13.6 Å². The zero-order chi connectivity index (χ0) is 12.0. The van der Waals surface area contributed by atoms with E-state index in [1.165, 1.54) is 18.5 Å². The minimum atomic E-state index is 0.666. The second kappa shape index (κ2) is 6.99. The second-order valence-electron chi connectivity index (χ2n) is 4.16. The molecule has 1 heterocycles. The van der Waals surface area contributed by atoms with Crippen molar-refractivity contribution in [1.29, 1.82) is 0 Å². The molecular weight excluding hydrogens is 218 g/mol. The van der Waals surface area contributed by atoms with Crippen LogP contribution in [0.25, 0.3) is 0 Å². The molecule has 92 valence electrons. The number of rotatable bonds is 7. The fourth-order valence-corrected chi connectivity index (χ4v) is 2.76. The molecule has 0 atom stereocenters. The van der Waals surface area contributed by atoms with Crippen molar-refractivity contribution < 1.29 is 0 Å². The third-order valence-electron chi connectivity index (χ3n) is 2.93. The summed E-state index contributed by atoms with van der Waals surface area (Å²) >= 11 is 1.73. The Kier molecular flexibility index (Phi) is 5.95. The summed E-state index contributed by atoms with van der Waals surface area (Å²) in [6.07, 6.45) is 3.30. The molecule has 16 heavy (non-hydrogen) atoms. The molecule has 3 nitrogen and oxygen atoms in total. The van der Waals surface area contributed by atoms with Crippen molar-refractivity contribution in [2.45, 2.75) is 45.7 Å². The number of nitrogens with zero attached hydrogens (tertiary/aromatic N) is 2. The fourth-order valence-electron chi connectivity index (χ4n) is 1.96. The predicted octanol–water partition coefficient (Wildman–Crippen LogP) is 2.26. The molecule has 0 saturated carbocycles. The maximum absolute atomic E-state index is 5.52. The van der Waals surface area contributed by atoms with Crippen molar-refractivity contribution in [1.82, 2.24) is 9.88 Å². The Hall–Kier alpha value is -0.450. The highest BCUT2D eigenvalue weighted by atomic mass is 32.1. The van der Waals surface area contributed by atoms with Gasteiger partial charge in [0.15, 0.2) is 0 Å². The van der Waals surface area contributed by atoms with E-state index in [4.69, 9.17) is 5.73 Å². The van der Waals surface area contributed by atoms with Crippen LogP contribution in [-0.4, -0.2) is 29.5 Å². The highest BCUT2D eigenvalue weighted by Crippen LogP contribution is 2.14. The van der Waals surface area contributed by atoms with E-state index < -0.39 is 0 Å². The number of nitrogens with two attached hydrogens (primary N) is 1. The number of hydrogen-bond donors (Lipinski definition) is 1. The number of aromatic nitrogens is 1. The standard InChI is InChI=1S/C12H23N3S/c1-4-11(5-2)15(3)8-10-9-16-12(14-10)6-7-13/h9,11H,4-8,13H2,1-3H3. The molecule has 0 aromatic carbocycles.